The van der Waals surface area contributed by atoms with Crippen LogP contribution in [0.25, 0.3) is 0 Å². The third kappa shape index (κ3) is 4.44. The van der Waals surface area contributed by atoms with Gasteiger partial charge in [-0.1, -0.05) is 17.4 Å². The molecule has 12 heteroatoms. The van der Waals surface area contributed by atoms with Crippen molar-refractivity contribution in [2.45, 2.75) is 24.3 Å². The lowest BCUT2D eigenvalue weighted by Crippen LogP contribution is -2.35. The summed E-state index contributed by atoms with van der Waals surface area (Å²) in [7, 11) is -7.15. The first-order valence-corrected chi connectivity index (χ1v) is 11.7. The van der Waals surface area contributed by atoms with Crippen LogP contribution in [-0.2, 0) is 19.9 Å². The molecule has 2 N–H and O–H groups in total. The molecule has 26 heavy (non-hydrogen) atoms. The maximum atomic E-state index is 12.5. The Morgan fingerprint density at radius 3 is 2.69 bits per heavy atom. The molecule has 3 rings (SSSR count). The standard InChI is InChI=1S/C14H16N4O5S3/c1-9-16-17-14(24-9)15-13(19)10-3-2-4-12(7-10)26(22,23)18-11-5-6-25(20,21)8-11/h2-4,7,11,18H,5-6,8H2,1H3,(H,15,17,19)/t11-/m1/s1. The number of hydrogen-bond donors (Lipinski definition) is 2. The van der Waals surface area contributed by atoms with Gasteiger partial charge in [0.25, 0.3) is 5.91 Å². The van der Waals surface area contributed by atoms with Crippen molar-refractivity contribution in [3.8, 4) is 0 Å². The SMILES string of the molecule is Cc1nnc(NC(=O)c2cccc(S(=O)(=O)N[C@@H]3CCS(=O)(=O)C3)c2)s1. The Balaban J connectivity index is 1.76. The van der Waals surface area contributed by atoms with Crippen LogP contribution in [0, 0.1) is 6.92 Å². The summed E-state index contributed by atoms with van der Waals surface area (Å²) in [4.78, 5) is 12.2. The molecule has 0 unspecified atom stereocenters. The largest absolute Gasteiger partial charge is 0.296 e. The van der Waals surface area contributed by atoms with Gasteiger partial charge in [-0.15, -0.1) is 10.2 Å². The number of sulfone groups is 1. The predicted octanol–water partition coefficient (Wildman–Crippen LogP) is 0.564. The summed E-state index contributed by atoms with van der Waals surface area (Å²) >= 11 is 1.20. The molecule has 2 heterocycles. The molecule has 140 valence electrons. The van der Waals surface area contributed by atoms with Gasteiger partial charge in [-0.2, -0.15) is 0 Å². The number of anilines is 1. The highest BCUT2D eigenvalue weighted by atomic mass is 32.2. The van der Waals surface area contributed by atoms with Crippen LogP contribution in [0.3, 0.4) is 0 Å². The summed E-state index contributed by atoms with van der Waals surface area (Å²) in [6.07, 6.45) is 0.234. The van der Waals surface area contributed by atoms with E-state index in [1.54, 1.807) is 6.92 Å². The van der Waals surface area contributed by atoms with Crippen molar-refractivity contribution in [3.63, 3.8) is 0 Å². The van der Waals surface area contributed by atoms with Crippen LogP contribution in [0.15, 0.2) is 29.2 Å². The van der Waals surface area contributed by atoms with Crippen LogP contribution in [0.1, 0.15) is 21.8 Å². The van der Waals surface area contributed by atoms with E-state index in [1.165, 1.54) is 35.6 Å². The first-order valence-electron chi connectivity index (χ1n) is 7.59. The summed E-state index contributed by atoms with van der Waals surface area (Å²) in [6, 6.07) is 4.83. The summed E-state index contributed by atoms with van der Waals surface area (Å²) in [5, 5.41) is 11.1. The third-order valence-corrected chi connectivity index (χ3v) is 7.75. The van der Waals surface area contributed by atoms with Crippen molar-refractivity contribution in [1.82, 2.24) is 14.9 Å². The first-order chi connectivity index (χ1) is 12.1. The molecule has 1 saturated heterocycles. The fraction of sp³-hybridized carbons (Fsp3) is 0.357. The molecular weight excluding hydrogens is 400 g/mol. The zero-order valence-electron chi connectivity index (χ0n) is 13.7. The van der Waals surface area contributed by atoms with Crippen LogP contribution in [-0.4, -0.2) is 50.5 Å². The van der Waals surface area contributed by atoms with Crippen LogP contribution in [0.2, 0.25) is 0 Å². The minimum absolute atomic E-state index is 0.0378. The summed E-state index contributed by atoms with van der Waals surface area (Å²) in [6.45, 7) is 1.75. The second-order valence-electron chi connectivity index (χ2n) is 5.83. The molecule has 1 aliphatic rings. The average Bonchev–Trinajstić information content (AvgIpc) is 3.12. The molecule has 0 aliphatic carbocycles. The smallest absolute Gasteiger partial charge is 0.257 e. The maximum absolute atomic E-state index is 12.5. The highest BCUT2D eigenvalue weighted by Crippen LogP contribution is 2.19. The predicted molar refractivity (Wildman–Crippen MR) is 96.4 cm³/mol. The summed E-state index contributed by atoms with van der Waals surface area (Å²) < 4.78 is 50.3. The fourth-order valence-corrected chi connectivity index (χ4v) is 6.18. The van der Waals surface area contributed by atoms with Gasteiger partial charge in [0.15, 0.2) is 9.84 Å². The second kappa shape index (κ2) is 7.02. The van der Waals surface area contributed by atoms with Gasteiger partial charge in [0.05, 0.1) is 16.4 Å². The number of amides is 1. The Hall–Kier alpha value is -1.89. The minimum Gasteiger partial charge on any atom is -0.296 e. The lowest BCUT2D eigenvalue weighted by Gasteiger charge is -2.12. The third-order valence-electron chi connectivity index (χ3n) is 3.71. The highest BCUT2D eigenvalue weighted by molar-refractivity contribution is 7.92. The van der Waals surface area contributed by atoms with Gasteiger partial charge < -0.3 is 0 Å². The Morgan fingerprint density at radius 2 is 2.08 bits per heavy atom. The summed E-state index contributed by atoms with van der Waals surface area (Å²) in [5.74, 6) is -0.770. The average molecular weight is 417 g/mol. The van der Waals surface area contributed by atoms with Gasteiger partial charge in [-0.05, 0) is 31.5 Å². The van der Waals surface area contributed by atoms with Gasteiger partial charge >= 0.3 is 0 Å². The van der Waals surface area contributed by atoms with E-state index >= 15 is 0 Å². The van der Waals surface area contributed by atoms with Crippen molar-refractivity contribution < 1.29 is 21.6 Å². The zero-order valence-corrected chi connectivity index (χ0v) is 16.1. The molecule has 9 nitrogen and oxygen atoms in total. The Bertz CT molecular complexity index is 1050. The van der Waals surface area contributed by atoms with Crippen LogP contribution in [0.5, 0.6) is 0 Å². The number of hydrogen-bond acceptors (Lipinski definition) is 8. The molecule has 0 radical (unpaired) electrons. The van der Waals surface area contributed by atoms with Crippen molar-refractivity contribution in [2.75, 3.05) is 16.8 Å². The van der Waals surface area contributed by atoms with Crippen LogP contribution < -0.4 is 10.0 Å². The quantitative estimate of drug-likeness (QED) is 0.727. The lowest BCUT2D eigenvalue weighted by molar-refractivity contribution is 0.102. The number of carbonyl (C=O) groups is 1. The highest BCUT2D eigenvalue weighted by Gasteiger charge is 2.31. The number of nitrogens with zero attached hydrogens (tertiary/aromatic N) is 2. The zero-order chi connectivity index (χ0) is 18.9. The second-order valence-corrected chi connectivity index (χ2v) is 11.0. The Morgan fingerprint density at radius 1 is 1.31 bits per heavy atom. The topological polar surface area (TPSA) is 135 Å². The number of rotatable bonds is 5. The monoisotopic (exact) mass is 416 g/mol. The number of aryl methyl sites for hydroxylation is 1. The van der Waals surface area contributed by atoms with E-state index in [9.17, 15) is 21.6 Å². The van der Waals surface area contributed by atoms with Crippen molar-refractivity contribution in [1.29, 1.82) is 0 Å². The minimum atomic E-state index is -3.94. The van der Waals surface area contributed by atoms with E-state index in [0.29, 0.717) is 10.1 Å². The molecular formula is C14H16N4O5S3. The van der Waals surface area contributed by atoms with Gasteiger partial charge in [0, 0.05) is 11.6 Å². The number of sulfonamides is 1. The maximum Gasteiger partial charge on any atom is 0.257 e. The van der Waals surface area contributed by atoms with E-state index in [4.69, 9.17) is 0 Å². The normalized spacial score (nSPS) is 19.3. The van der Waals surface area contributed by atoms with Crippen LogP contribution >= 0.6 is 11.3 Å². The van der Waals surface area contributed by atoms with E-state index in [-0.39, 0.29) is 28.4 Å². The fourth-order valence-electron chi connectivity index (χ4n) is 2.50. The molecule has 1 aromatic heterocycles. The van der Waals surface area contributed by atoms with Gasteiger partial charge in [-0.3, -0.25) is 10.1 Å². The molecule has 0 saturated carbocycles. The molecule has 1 aromatic carbocycles. The molecule has 2 aromatic rings. The Kier molecular flexibility index (Phi) is 5.10. The number of benzene rings is 1. The van der Waals surface area contributed by atoms with Crippen molar-refractivity contribution in [2.24, 2.45) is 0 Å². The van der Waals surface area contributed by atoms with E-state index < -0.39 is 31.8 Å². The number of nitrogens with one attached hydrogen (secondary N) is 2. The number of aromatic nitrogens is 2. The molecule has 0 bridgehead atoms. The van der Waals surface area contributed by atoms with Crippen LogP contribution in [0.4, 0.5) is 5.13 Å². The van der Waals surface area contributed by atoms with Crippen molar-refractivity contribution in [3.05, 3.63) is 34.8 Å². The van der Waals surface area contributed by atoms with E-state index in [2.05, 4.69) is 20.2 Å². The molecule has 1 aliphatic heterocycles. The number of carbonyl (C=O) groups excluding carboxylic acids is 1. The van der Waals surface area contributed by atoms with Gasteiger partial charge in [0.1, 0.15) is 5.01 Å². The molecule has 0 spiro atoms. The molecule has 1 amide bonds. The van der Waals surface area contributed by atoms with E-state index in [0.717, 1.165) is 0 Å². The van der Waals surface area contributed by atoms with Gasteiger partial charge in [0.2, 0.25) is 15.2 Å². The summed E-state index contributed by atoms with van der Waals surface area (Å²) in [5.41, 5.74) is 0.139. The first kappa shape index (κ1) is 18.9. The van der Waals surface area contributed by atoms with Crippen molar-refractivity contribution >= 4 is 42.2 Å². The Labute approximate surface area is 154 Å². The van der Waals surface area contributed by atoms with E-state index in [1.807, 2.05) is 0 Å². The molecule has 1 fully saturated rings. The molecule has 1 atom stereocenters. The van der Waals surface area contributed by atoms with Gasteiger partial charge in [-0.25, -0.2) is 21.6 Å². The lowest BCUT2D eigenvalue weighted by atomic mass is 10.2.